The summed E-state index contributed by atoms with van der Waals surface area (Å²) in [5, 5.41) is 0. The molecule has 4 nitrogen and oxygen atoms in total. The van der Waals surface area contributed by atoms with Crippen LogP contribution in [-0.2, 0) is 22.3 Å². The lowest BCUT2D eigenvalue weighted by molar-refractivity contribution is 0.579. The Morgan fingerprint density at radius 1 is 1.14 bits per heavy atom. The third-order valence-electron chi connectivity index (χ3n) is 2.89. The van der Waals surface area contributed by atoms with Crippen LogP contribution in [-0.4, -0.2) is 8.42 Å². The maximum atomic E-state index is 13.2. The van der Waals surface area contributed by atoms with Gasteiger partial charge in [-0.1, -0.05) is 34.1 Å². The van der Waals surface area contributed by atoms with E-state index in [1.165, 1.54) is 18.2 Å². The molecule has 7 heteroatoms. The fraction of sp³-hybridized carbons (Fsp3) is 0.143. The Labute approximate surface area is 131 Å². The summed E-state index contributed by atoms with van der Waals surface area (Å²) >= 11 is 3.26. The van der Waals surface area contributed by atoms with Gasteiger partial charge in [-0.15, -0.1) is 0 Å². The van der Waals surface area contributed by atoms with Crippen molar-refractivity contribution in [3.05, 3.63) is 63.9 Å². The lowest BCUT2D eigenvalue weighted by Crippen LogP contribution is -2.25. The molecular formula is C14H14BrFN2O2S. The fourth-order valence-electron chi connectivity index (χ4n) is 1.79. The normalized spacial score (nSPS) is 11.5. The first kappa shape index (κ1) is 15.9. The molecule has 0 spiro atoms. The zero-order valence-electron chi connectivity index (χ0n) is 11.0. The summed E-state index contributed by atoms with van der Waals surface area (Å²) in [6, 6.07) is 10.9. The highest BCUT2D eigenvalue weighted by Crippen LogP contribution is 2.18. The van der Waals surface area contributed by atoms with E-state index >= 15 is 0 Å². The number of rotatable bonds is 5. The van der Waals surface area contributed by atoms with E-state index < -0.39 is 15.8 Å². The first-order chi connectivity index (χ1) is 9.87. The van der Waals surface area contributed by atoms with E-state index in [2.05, 4.69) is 20.7 Å². The molecule has 2 aromatic rings. The predicted molar refractivity (Wildman–Crippen MR) is 84.4 cm³/mol. The van der Waals surface area contributed by atoms with Crippen LogP contribution in [0.3, 0.4) is 0 Å². The van der Waals surface area contributed by atoms with E-state index in [1.54, 1.807) is 24.3 Å². The summed E-state index contributed by atoms with van der Waals surface area (Å²) in [5.41, 5.74) is 7.21. The number of nitrogen functional groups attached to an aromatic ring is 1. The molecule has 0 fully saturated rings. The first-order valence-electron chi connectivity index (χ1n) is 6.12. The number of anilines is 1. The minimum atomic E-state index is -3.56. The molecule has 0 bridgehead atoms. The van der Waals surface area contributed by atoms with Gasteiger partial charge in [0.25, 0.3) is 0 Å². The molecule has 0 aromatic heterocycles. The maximum Gasteiger partial charge on any atom is 0.216 e. The van der Waals surface area contributed by atoms with Gasteiger partial charge in [-0.2, -0.15) is 0 Å². The van der Waals surface area contributed by atoms with Gasteiger partial charge >= 0.3 is 0 Å². The maximum absolute atomic E-state index is 13.2. The van der Waals surface area contributed by atoms with Gasteiger partial charge in [-0.25, -0.2) is 17.5 Å². The van der Waals surface area contributed by atoms with Crippen molar-refractivity contribution in [3.8, 4) is 0 Å². The van der Waals surface area contributed by atoms with Gasteiger partial charge in [0.1, 0.15) is 5.82 Å². The highest BCUT2D eigenvalue weighted by atomic mass is 79.9. The third kappa shape index (κ3) is 4.52. The van der Waals surface area contributed by atoms with E-state index in [1.807, 2.05) is 0 Å². The van der Waals surface area contributed by atoms with Gasteiger partial charge in [-0.3, -0.25) is 0 Å². The number of sulfonamides is 1. The molecule has 0 saturated carbocycles. The molecule has 0 saturated heterocycles. The molecule has 0 amide bonds. The molecule has 112 valence electrons. The summed E-state index contributed by atoms with van der Waals surface area (Å²) in [6.45, 7) is 0.00736. The van der Waals surface area contributed by atoms with Crippen molar-refractivity contribution in [2.75, 3.05) is 5.73 Å². The van der Waals surface area contributed by atoms with Gasteiger partial charge < -0.3 is 5.73 Å². The van der Waals surface area contributed by atoms with Crippen LogP contribution in [0.1, 0.15) is 11.1 Å². The van der Waals surface area contributed by atoms with Gasteiger partial charge in [0.05, 0.1) is 5.75 Å². The minimum Gasteiger partial charge on any atom is -0.398 e. The van der Waals surface area contributed by atoms with Gasteiger partial charge in [-0.05, 0) is 35.4 Å². The van der Waals surface area contributed by atoms with E-state index in [0.717, 1.165) is 0 Å². The fourth-order valence-corrected chi connectivity index (χ4v) is 3.32. The second kappa shape index (κ2) is 6.55. The first-order valence-corrected chi connectivity index (χ1v) is 8.56. The van der Waals surface area contributed by atoms with E-state index in [0.29, 0.717) is 21.3 Å². The standard InChI is InChI=1S/C14H14BrFN2O2S/c15-13-6-5-12(16)7-11(13)8-18-21(19,20)9-10-3-1-2-4-14(10)17/h1-7,18H,8-9,17H2. The Morgan fingerprint density at radius 3 is 2.57 bits per heavy atom. The average Bonchev–Trinajstić information content (AvgIpc) is 2.42. The summed E-state index contributed by atoms with van der Waals surface area (Å²) < 4.78 is 40.3. The predicted octanol–water partition coefficient (Wildman–Crippen LogP) is 2.79. The molecule has 3 N–H and O–H groups in total. The topological polar surface area (TPSA) is 72.2 Å². The lowest BCUT2D eigenvalue weighted by Gasteiger charge is -2.10. The van der Waals surface area contributed by atoms with Crippen molar-refractivity contribution in [1.29, 1.82) is 0 Å². The molecule has 0 aliphatic carbocycles. The molecule has 21 heavy (non-hydrogen) atoms. The van der Waals surface area contributed by atoms with Crippen molar-refractivity contribution in [2.45, 2.75) is 12.3 Å². The SMILES string of the molecule is Nc1ccccc1CS(=O)(=O)NCc1cc(F)ccc1Br. The highest BCUT2D eigenvalue weighted by Gasteiger charge is 2.14. The van der Waals surface area contributed by atoms with Crippen LogP contribution in [0.2, 0.25) is 0 Å². The van der Waals surface area contributed by atoms with E-state index in [9.17, 15) is 12.8 Å². The van der Waals surface area contributed by atoms with Crippen molar-refractivity contribution < 1.29 is 12.8 Å². The Morgan fingerprint density at radius 2 is 1.86 bits per heavy atom. The average molecular weight is 373 g/mol. The quantitative estimate of drug-likeness (QED) is 0.792. The Balaban J connectivity index is 2.08. The monoisotopic (exact) mass is 372 g/mol. The highest BCUT2D eigenvalue weighted by molar-refractivity contribution is 9.10. The lowest BCUT2D eigenvalue weighted by atomic mass is 10.2. The molecular weight excluding hydrogens is 359 g/mol. The Kier molecular flexibility index (Phi) is 4.97. The van der Waals surface area contributed by atoms with Crippen molar-refractivity contribution in [1.82, 2.24) is 4.72 Å². The summed E-state index contributed by atoms with van der Waals surface area (Å²) in [4.78, 5) is 0. The number of hydrogen-bond donors (Lipinski definition) is 2. The van der Waals surface area contributed by atoms with Gasteiger partial charge in [0, 0.05) is 16.7 Å². The number of benzene rings is 2. The molecule has 0 atom stereocenters. The zero-order valence-corrected chi connectivity index (χ0v) is 13.4. The number of nitrogens with one attached hydrogen (secondary N) is 1. The van der Waals surface area contributed by atoms with Crippen LogP contribution < -0.4 is 10.5 Å². The van der Waals surface area contributed by atoms with Crippen LogP contribution in [0.4, 0.5) is 10.1 Å². The molecule has 0 unspecified atom stereocenters. The number of halogens is 2. The molecule has 0 radical (unpaired) electrons. The minimum absolute atomic E-state index is 0.00736. The van der Waals surface area contributed by atoms with Crippen molar-refractivity contribution in [2.24, 2.45) is 0 Å². The second-order valence-corrected chi connectivity index (χ2v) is 7.18. The van der Waals surface area contributed by atoms with Gasteiger partial charge in [0.15, 0.2) is 0 Å². The van der Waals surface area contributed by atoms with Crippen LogP contribution in [0.5, 0.6) is 0 Å². The Hall–Kier alpha value is -1.44. The summed E-state index contributed by atoms with van der Waals surface area (Å²) in [7, 11) is -3.56. The van der Waals surface area contributed by atoms with E-state index in [-0.39, 0.29) is 12.3 Å². The molecule has 0 heterocycles. The summed E-state index contributed by atoms with van der Waals surface area (Å²) in [6.07, 6.45) is 0. The van der Waals surface area contributed by atoms with E-state index in [4.69, 9.17) is 5.73 Å². The smallest absolute Gasteiger partial charge is 0.216 e. The molecule has 0 aliphatic rings. The van der Waals surface area contributed by atoms with Gasteiger partial charge in [0.2, 0.25) is 10.0 Å². The van der Waals surface area contributed by atoms with Crippen LogP contribution in [0.25, 0.3) is 0 Å². The number of para-hydroxylation sites is 1. The van der Waals surface area contributed by atoms with Crippen LogP contribution in [0.15, 0.2) is 46.9 Å². The second-order valence-electron chi connectivity index (χ2n) is 4.51. The van der Waals surface area contributed by atoms with Crippen molar-refractivity contribution >= 4 is 31.6 Å². The Bertz CT molecular complexity index is 750. The van der Waals surface area contributed by atoms with Crippen molar-refractivity contribution in [3.63, 3.8) is 0 Å². The van der Waals surface area contributed by atoms with Crippen LogP contribution >= 0.6 is 15.9 Å². The molecule has 2 rings (SSSR count). The molecule has 2 aromatic carbocycles. The summed E-state index contributed by atoms with van der Waals surface area (Å²) in [5.74, 6) is -0.633. The molecule has 0 aliphatic heterocycles. The third-order valence-corrected chi connectivity index (χ3v) is 4.94. The van der Waals surface area contributed by atoms with Crippen LogP contribution in [0, 0.1) is 5.82 Å². The number of nitrogens with two attached hydrogens (primary N) is 1. The zero-order chi connectivity index (χ0) is 15.5. The largest absolute Gasteiger partial charge is 0.398 e. The number of hydrogen-bond acceptors (Lipinski definition) is 3.